The minimum atomic E-state index is -0.559. The number of hydrogen-bond acceptors (Lipinski definition) is 6. The molecule has 1 heterocycles. The van der Waals surface area contributed by atoms with E-state index in [1.54, 1.807) is 14.0 Å². The molecule has 6 nitrogen and oxygen atoms in total. The highest BCUT2D eigenvalue weighted by Gasteiger charge is 2.37. The summed E-state index contributed by atoms with van der Waals surface area (Å²) in [5, 5.41) is 0. The number of rotatable bonds is 8. The van der Waals surface area contributed by atoms with E-state index in [9.17, 15) is 9.59 Å². The van der Waals surface area contributed by atoms with Crippen molar-refractivity contribution in [1.82, 2.24) is 0 Å². The number of methoxy groups -OCH3 is 1. The number of esters is 1. The van der Waals surface area contributed by atoms with E-state index < -0.39 is 6.10 Å². The van der Waals surface area contributed by atoms with Gasteiger partial charge < -0.3 is 23.7 Å². The third-order valence-electron chi connectivity index (χ3n) is 4.44. The molecule has 1 aromatic carbocycles. The normalized spacial score (nSPS) is 26.0. The first-order valence-corrected chi connectivity index (χ1v) is 8.58. The van der Waals surface area contributed by atoms with Gasteiger partial charge in [0, 0.05) is 12.3 Å². The Morgan fingerprint density at radius 3 is 2.64 bits per heavy atom. The van der Waals surface area contributed by atoms with E-state index in [0.29, 0.717) is 19.6 Å². The first kappa shape index (κ1) is 19.4. The fraction of sp³-hybridized carbons (Fsp3) is 0.579. The van der Waals surface area contributed by atoms with Crippen molar-refractivity contribution < 1.29 is 28.5 Å². The first-order valence-electron chi connectivity index (χ1n) is 8.58. The average Bonchev–Trinajstić information content (AvgIpc) is 2.63. The SMILES string of the molecule is CCOC(=O)C[C@@H]1O[C@H](C=O)C[C@H](OCc2ccc(OC)cc2)[C@H]1C. The van der Waals surface area contributed by atoms with Gasteiger partial charge in [-0.05, 0) is 24.6 Å². The van der Waals surface area contributed by atoms with Crippen LogP contribution in [0.4, 0.5) is 0 Å². The van der Waals surface area contributed by atoms with Crippen molar-refractivity contribution in [2.24, 2.45) is 5.92 Å². The van der Waals surface area contributed by atoms with E-state index in [2.05, 4.69) is 0 Å². The molecule has 0 amide bonds. The molecule has 0 spiro atoms. The van der Waals surface area contributed by atoms with Crippen LogP contribution in [0, 0.1) is 5.92 Å². The van der Waals surface area contributed by atoms with Crippen LogP contribution < -0.4 is 4.74 Å². The summed E-state index contributed by atoms with van der Waals surface area (Å²) >= 11 is 0. The molecule has 1 aliphatic rings. The Balaban J connectivity index is 1.96. The predicted molar refractivity (Wildman–Crippen MR) is 91.3 cm³/mol. The number of carbonyl (C=O) groups is 2. The van der Waals surface area contributed by atoms with Gasteiger partial charge in [0.15, 0.2) is 0 Å². The Morgan fingerprint density at radius 2 is 2.04 bits per heavy atom. The van der Waals surface area contributed by atoms with E-state index in [-0.39, 0.29) is 30.5 Å². The molecule has 0 aliphatic carbocycles. The van der Waals surface area contributed by atoms with Crippen LogP contribution in [-0.4, -0.2) is 44.3 Å². The molecule has 1 fully saturated rings. The molecule has 0 bridgehead atoms. The highest BCUT2D eigenvalue weighted by atomic mass is 16.5. The van der Waals surface area contributed by atoms with Crippen molar-refractivity contribution >= 4 is 12.3 Å². The van der Waals surface area contributed by atoms with Crippen molar-refractivity contribution in [3.8, 4) is 5.75 Å². The second-order valence-corrected chi connectivity index (χ2v) is 6.15. The molecular weight excluding hydrogens is 324 g/mol. The van der Waals surface area contributed by atoms with Crippen molar-refractivity contribution in [3.05, 3.63) is 29.8 Å². The monoisotopic (exact) mass is 350 g/mol. The highest BCUT2D eigenvalue weighted by molar-refractivity contribution is 5.70. The Hall–Kier alpha value is -1.92. The Labute approximate surface area is 148 Å². The summed E-state index contributed by atoms with van der Waals surface area (Å²) in [4.78, 5) is 23.0. The number of hydrogen-bond donors (Lipinski definition) is 0. The molecule has 4 atom stereocenters. The summed E-state index contributed by atoms with van der Waals surface area (Å²) in [6, 6.07) is 7.64. The molecule has 0 unspecified atom stereocenters. The van der Waals surface area contributed by atoms with Crippen LogP contribution in [-0.2, 0) is 30.4 Å². The van der Waals surface area contributed by atoms with Crippen LogP contribution in [0.15, 0.2) is 24.3 Å². The Morgan fingerprint density at radius 1 is 1.32 bits per heavy atom. The van der Waals surface area contributed by atoms with Crippen molar-refractivity contribution in [3.63, 3.8) is 0 Å². The van der Waals surface area contributed by atoms with E-state index >= 15 is 0 Å². The minimum Gasteiger partial charge on any atom is -0.497 e. The fourth-order valence-electron chi connectivity index (χ4n) is 2.94. The van der Waals surface area contributed by atoms with Crippen LogP contribution >= 0.6 is 0 Å². The summed E-state index contributed by atoms with van der Waals surface area (Å²) < 4.78 is 21.9. The second kappa shape index (κ2) is 9.53. The van der Waals surface area contributed by atoms with Crippen LogP contribution in [0.25, 0.3) is 0 Å². The molecule has 1 aromatic rings. The first-order chi connectivity index (χ1) is 12.1. The van der Waals surface area contributed by atoms with Gasteiger partial charge in [-0.3, -0.25) is 4.79 Å². The van der Waals surface area contributed by atoms with E-state index in [4.69, 9.17) is 18.9 Å². The van der Waals surface area contributed by atoms with Gasteiger partial charge in [-0.1, -0.05) is 19.1 Å². The lowest BCUT2D eigenvalue weighted by atomic mass is 9.88. The molecule has 0 radical (unpaired) electrons. The van der Waals surface area contributed by atoms with Gasteiger partial charge in [-0.25, -0.2) is 0 Å². The molecule has 0 saturated carbocycles. The Bertz CT molecular complexity index is 556. The maximum Gasteiger partial charge on any atom is 0.308 e. The van der Waals surface area contributed by atoms with Crippen molar-refractivity contribution in [2.45, 2.75) is 51.6 Å². The zero-order valence-electron chi connectivity index (χ0n) is 15.0. The topological polar surface area (TPSA) is 71.1 Å². The highest BCUT2D eigenvalue weighted by Crippen LogP contribution is 2.30. The number of carbonyl (C=O) groups excluding carboxylic acids is 2. The molecule has 1 saturated heterocycles. The lowest BCUT2D eigenvalue weighted by molar-refractivity contribution is -0.171. The van der Waals surface area contributed by atoms with Crippen LogP contribution in [0.2, 0.25) is 0 Å². The number of aldehydes is 1. The largest absolute Gasteiger partial charge is 0.497 e. The van der Waals surface area contributed by atoms with E-state index in [1.807, 2.05) is 31.2 Å². The molecule has 0 aromatic heterocycles. The smallest absolute Gasteiger partial charge is 0.308 e. The summed E-state index contributed by atoms with van der Waals surface area (Å²) in [5.74, 6) is 0.456. The summed E-state index contributed by atoms with van der Waals surface area (Å²) in [7, 11) is 1.62. The standard InChI is InChI=1S/C19H26O6/c1-4-23-19(21)10-18-13(2)17(9-16(11-20)25-18)24-12-14-5-7-15(22-3)8-6-14/h5-8,11,13,16-18H,4,9-10,12H2,1-3H3/t13-,16+,17+,18+/m1/s1. The van der Waals surface area contributed by atoms with Gasteiger partial charge in [0.05, 0.1) is 39.0 Å². The summed E-state index contributed by atoms with van der Waals surface area (Å²) in [6.07, 6.45) is 0.279. The van der Waals surface area contributed by atoms with E-state index in [0.717, 1.165) is 17.6 Å². The molecule has 0 N–H and O–H groups in total. The molecule has 25 heavy (non-hydrogen) atoms. The average molecular weight is 350 g/mol. The zero-order chi connectivity index (χ0) is 18.2. The molecule has 1 aliphatic heterocycles. The van der Waals surface area contributed by atoms with Crippen molar-refractivity contribution in [2.75, 3.05) is 13.7 Å². The summed E-state index contributed by atoms with van der Waals surface area (Å²) in [6.45, 7) is 4.49. The van der Waals surface area contributed by atoms with Gasteiger partial charge in [0.1, 0.15) is 18.1 Å². The lowest BCUT2D eigenvalue weighted by Crippen LogP contribution is -2.45. The third-order valence-corrected chi connectivity index (χ3v) is 4.44. The maximum absolute atomic E-state index is 11.8. The number of benzene rings is 1. The third kappa shape index (κ3) is 5.54. The molecule has 2 rings (SSSR count). The Kier molecular flexibility index (Phi) is 7.40. The van der Waals surface area contributed by atoms with Gasteiger partial charge in [0.2, 0.25) is 0 Å². The van der Waals surface area contributed by atoms with Crippen LogP contribution in [0.1, 0.15) is 32.3 Å². The van der Waals surface area contributed by atoms with Crippen LogP contribution in [0.5, 0.6) is 5.75 Å². The van der Waals surface area contributed by atoms with Gasteiger partial charge in [-0.2, -0.15) is 0 Å². The van der Waals surface area contributed by atoms with Crippen molar-refractivity contribution in [1.29, 1.82) is 0 Å². The number of ether oxygens (including phenoxy) is 4. The fourth-order valence-corrected chi connectivity index (χ4v) is 2.94. The molecule has 6 heteroatoms. The van der Waals surface area contributed by atoms with Gasteiger partial charge in [0.25, 0.3) is 0 Å². The van der Waals surface area contributed by atoms with Crippen LogP contribution in [0.3, 0.4) is 0 Å². The van der Waals surface area contributed by atoms with E-state index in [1.165, 1.54) is 0 Å². The quantitative estimate of drug-likeness (QED) is 0.530. The second-order valence-electron chi connectivity index (χ2n) is 6.15. The lowest BCUT2D eigenvalue weighted by Gasteiger charge is -2.38. The van der Waals surface area contributed by atoms with Gasteiger partial charge >= 0.3 is 5.97 Å². The maximum atomic E-state index is 11.8. The van der Waals surface area contributed by atoms with Gasteiger partial charge in [-0.15, -0.1) is 0 Å². The minimum absolute atomic E-state index is 0.0149. The predicted octanol–water partition coefficient (Wildman–Crippen LogP) is 2.53. The zero-order valence-corrected chi connectivity index (χ0v) is 15.0. The molecule has 138 valence electrons. The summed E-state index contributed by atoms with van der Waals surface area (Å²) in [5.41, 5.74) is 1.02. The molecular formula is C19H26O6.